The van der Waals surface area contributed by atoms with E-state index in [9.17, 15) is 0 Å². The number of hydrogen-bond donors (Lipinski definition) is 0. The Morgan fingerprint density at radius 3 is 1.60 bits per heavy atom. The molecule has 0 saturated carbocycles. The fourth-order valence-corrected chi connectivity index (χ4v) is 4.30. The average molecular weight is 228 g/mol. The first-order chi connectivity index (χ1) is 7.18. The van der Waals surface area contributed by atoms with Crippen molar-refractivity contribution < 1.29 is 0 Å². The minimum absolute atomic E-state index is 0.377. The van der Waals surface area contributed by atoms with E-state index < -0.39 is 0 Å². The van der Waals surface area contributed by atoms with Crippen LogP contribution >= 0.6 is 7.92 Å². The second kappa shape index (κ2) is 7.66. The summed E-state index contributed by atoms with van der Waals surface area (Å²) in [5, 5.41) is 0. The fraction of sp³-hybridized carbons (Fsp3) is 1.00. The van der Waals surface area contributed by atoms with E-state index in [1.54, 1.807) is 0 Å². The third-order valence-electron chi connectivity index (χ3n) is 3.87. The van der Waals surface area contributed by atoms with E-state index in [4.69, 9.17) is 0 Å². The minimum atomic E-state index is 0.377. The van der Waals surface area contributed by atoms with Crippen LogP contribution in [0, 0.1) is 11.8 Å². The maximum absolute atomic E-state index is 2.51. The zero-order chi connectivity index (χ0) is 11.1. The highest BCUT2D eigenvalue weighted by atomic mass is 31.1. The van der Waals surface area contributed by atoms with Gasteiger partial charge in [-0.15, -0.1) is 7.92 Å². The van der Waals surface area contributed by atoms with Crippen LogP contribution in [0.25, 0.3) is 0 Å². The molecule has 1 aliphatic rings. The molecule has 0 aliphatic carbocycles. The molecule has 1 aliphatic heterocycles. The molecule has 1 heteroatoms. The van der Waals surface area contributed by atoms with E-state index in [0.717, 1.165) is 11.8 Å². The van der Waals surface area contributed by atoms with Crippen LogP contribution in [0.2, 0.25) is 0 Å². The molecule has 1 saturated heterocycles. The van der Waals surface area contributed by atoms with Crippen LogP contribution in [-0.4, -0.2) is 19.0 Å². The van der Waals surface area contributed by atoms with Gasteiger partial charge in [0.15, 0.2) is 0 Å². The van der Waals surface area contributed by atoms with Gasteiger partial charge < -0.3 is 0 Å². The fourth-order valence-electron chi connectivity index (χ4n) is 2.63. The van der Waals surface area contributed by atoms with E-state index in [-0.39, 0.29) is 0 Å². The van der Waals surface area contributed by atoms with Gasteiger partial charge in [0.25, 0.3) is 0 Å². The Hall–Kier alpha value is 0.430. The predicted molar refractivity (Wildman–Crippen MR) is 73.2 cm³/mol. The van der Waals surface area contributed by atoms with Crippen molar-refractivity contribution in [2.75, 3.05) is 19.0 Å². The van der Waals surface area contributed by atoms with Gasteiger partial charge in [-0.3, -0.25) is 0 Å². The zero-order valence-electron chi connectivity index (χ0n) is 11.0. The smallest absolute Gasteiger partial charge is 0.0328 e. The van der Waals surface area contributed by atoms with E-state index in [2.05, 4.69) is 20.5 Å². The number of hydrogen-bond acceptors (Lipinski definition) is 0. The molecule has 1 rings (SSSR count). The highest BCUT2D eigenvalue weighted by molar-refractivity contribution is 7.56. The maximum atomic E-state index is 2.51. The molecule has 1 heterocycles. The van der Waals surface area contributed by atoms with Gasteiger partial charge in [-0.25, -0.2) is 0 Å². The largest absolute Gasteiger partial charge is 0.110 e. The first-order valence-corrected chi connectivity index (χ1v) is 9.03. The molecule has 0 amide bonds. The second-order valence-electron chi connectivity index (χ2n) is 5.73. The predicted octanol–water partition coefficient (Wildman–Crippen LogP) is 5.11. The Morgan fingerprint density at radius 1 is 0.733 bits per heavy atom. The van der Waals surface area contributed by atoms with Crippen molar-refractivity contribution in [1.29, 1.82) is 0 Å². The van der Waals surface area contributed by atoms with Gasteiger partial charge in [0.05, 0.1) is 0 Å². The topological polar surface area (TPSA) is 0 Å². The van der Waals surface area contributed by atoms with Crippen molar-refractivity contribution in [2.45, 2.75) is 58.8 Å². The van der Waals surface area contributed by atoms with E-state index >= 15 is 0 Å². The van der Waals surface area contributed by atoms with Gasteiger partial charge in [-0.1, -0.05) is 46.0 Å². The van der Waals surface area contributed by atoms with Crippen LogP contribution in [0.3, 0.4) is 0 Å². The Bertz CT molecular complexity index is 115. The lowest BCUT2D eigenvalue weighted by Gasteiger charge is -2.19. The molecule has 2 atom stereocenters. The maximum Gasteiger partial charge on any atom is -0.0328 e. The average Bonchev–Trinajstić information content (AvgIpc) is 2.16. The van der Waals surface area contributed by atoms with Crippen molar-refractivity contribution >= 4 is 7.92 Å². The van der Waals surface area contributed by atoms with Crippen molar-refractivity contribution in [3.8, 4) is 0 Å². The Balaban J connectivity index is 2.30. The molecule has 0 bridgehead atoms. The highest BCUT2D eigenvalue weighted by Gasteiger charge is 2.09. The summed E-state index contributed by atoms with van der Waals surface area (Å²) in [5.41, 5.74) is 0. The first-order valence-electron chi connectivity index (χ1n) is 6.87. The molecular weight excluding hydrogens is 199 g/mol. The van der Waals surface area contributed by atoms with Gasteiger partial charge >= 0.3 is 0 Å². The molecular formula is C14H29P. The molecule has 15 heavy (non-hydrogen) atoms. The molecule has 0 spiro atoms. The SMILES string of the molecule is CC1CCCC(C)CCCP(C)CCC1. The summed E-state index contributed by atoms with van der Waals surface area (Å²) in [6, 6.07) is 0. The van der Waals surface area contributed by atoms with Crippen molar-refractivity contribution in [3.63, 3.8) is 0 Å². The third kappa shape index (κ3) is 6.56. The van der Waals surface area contributed by atoms with E-state index in [0.29, 0.717) is 7.92 Å². The summed E-state index contributed by atoms with van der Waals surface area (Å²) in [4.78, 5) is 0. The molecule has 0 nitrogen and oxygen atoms in total. The van der Waals surface area contributed by atoms with Crippen molar-refractivity contribution in [1.82, 2.24) is 0 Å². The monoisotopic (exact) mass is 228 g/mol. The molecule has 0 aromatic rings. The third-order valence-corrected chi connectivity index (χ3v) is 6.03. The summed E-state index contributed by atoms with van der Waals surface area (Å²) < 4.78 is 0. The normalized spacial score (nSPS) is 36.6. The van der Waals surface area contributed by atoms with Gasteiger partial charge in [0, 0.05) is 0 Å². The van der Waals surface area contributed by atoms with Crippen LogP contribution in [0.5, 0.6) is 0 Å². The molecule has 90 valence electrons. The lowest BCUT2D eigenvalue weighted by Crippen LogP contribution is -2.03. The zero-order valence-corrected chi connectivity index (χ0v) is 11.9. The van der Waals surface area contributed by atoms with Gasteiger partial charge in [0.2, 0.25) is 0 Å². The van der Waals surface area contributed by atoms with Crippen LogP contribution in [0.15, 0.2) is 0 Å². The molecule has 0 aromatic carbocycles. The summed E-state index contributed by atoms with van der Waals surface area (Å²) >= 11 is 0. The quantitative estimate of drug-likeness (QED) is 0.505. The molecule has 2 unspecified atom stereocenters. The lowest BCUT2D eigenvalue weighted by atomic mass is 9.94. The van der Waals surface area contributed by atoms with Crippen LogP contribution < -0.4 is 0 Å². The number of rotatable bonds is 0. The molecule has 0 N–H and O–H groups in total. The molecule has 0 aromatic heterocycles. The van der Waals surface area contributed by atoms with Crippen LogP contribution in [0.4, 0.5) is 0 Å². The van der Waals surface area contributed by atoms with Crippen LogP contribution in [0.1, 0.15) is 58.8 Å². The Labute approximate surface area is 98.0 Å². The summed E-state index contributed by atoms with van der Waals surface area (Å²) in [5.74, 6) is 1.97. The standard InChI is InChI=1S/C14H29P/c1-13-7-4-8-14(2)10-6-12-15(3)11-5-9-13/h13-14H,4-12H2,1-3H3. The van der Waals surface area contributed by atoms with Gasteiger partial charge in [-0.2, -0.15) is 0 Å². The van der Waals surface area contributed by atoms with Gasteiger partial charge in [-0.05, 0) is 43.7 Å². The summed E-state index contributed by atoms with van der Waals surface area (Å²) in [6.07, 6.45) is 13.5. The van der Waals surface area contributed by atoms with E-state index in [1.807, 2.05) is 0 Å². The highest BCUT2D eigenvalue weighted by Crippen LogP contribution is 2.35. The lowest BCUT2D eigenvalue weighted by molar-refractivity contribution is 0.406. The van der Waals surface area contributed by atoms with E-state index in [1.165, 1.54) is 57.3 Å². The Morgan fingerprint density at radius 2 is 1.13 bits per heavy atom. The minimum Gasteiger partial charge on any atom is -0.110 e. The Kier molecular flexibility index (Phi) is 6.89. The van der Waals surface area contributed by atoms with Gasteiger partial charge in [0.1, 0.15) is 0 Å². The summed E-state index contributed by atoms with van der Waals surface area (Å²) in [7, 11) is 0.377. The molecule has 0 radical (unpaired) electrons. The van der Waals surface area contributed by atoms with Crippen LogP contribution in [-0.2, 0) is 0 Å². The second-order valence-corrected chi connectivity index (χ2v) is 8.34. The first kappa shape index (κ1) is 13.5. The van der Waals surface area contributed by atoms with Crippen molar-refractivity contribution in [3.05, 3.63) is 0 Å². The summed E-state index contributed by atoms with van der Waals surface area (Å²) in [6.45, 7) is 7.42. The van der Waals surface area contributed by atoms with Crippen molar-refractivity contribution in [2.24, 2.45) is 11.8 Å². The molecule has 1 fully saturated rings.